The smallest absolute Gasteiger partial charge is 0.0565 e. The van der Waals surface area contributed by atoms with Gasteiger partial charge in [0.25, 0.3) is 0 Å². The summed E-state index contributed by atoms with van der Waals surface area (Å²) in [5.41, 5.74) is 0. The fourth-order valence-corrected chi connectivity index (χ4v) is 4.63. The first-order chi connectivity index (χ1) is 11.0. The van der Waals surface area contributed by atoms with E-state index in [1.165, 1.54) is 32.1 Å². The van der Waals surface area contributed by atoms with Gasteiger partial charge in [-0.15, -0.1) is 0 Å². The van der Waals surface area contributed by atoms with Crippen LogP contribution in [0.2, 0.25) is 0 Å². The largest absolute Gasteiger partial charge is 0.393 e. The molecule has 3 atom stereocenters. The van der Waals surface area contributed by atoms with Crippen LogP contribution in [-0.4, -0.2) is 22.4 Å². The van der Waals surface area contributed by atoms with Crippen molar-refractivity contribution in [2.45, 2.75) is 111 Å². The summed E-state index contributed by atoms with van der Waals surface area (Å²) >= 11 is 0. The molecule has 138 valence electrons. The van der Waals surface area contributed by atoms with Crippen molar-refractivity contribution in [1.29, 1.82) is 0 Å². The van der Waals surface area contributed by atoms with E-state index >= 15 is 0 Å². The van der Waals surface area contributed by atoms with Gasteiger partial charge >= 0.3 is 0 Å². The van der Waals surface area contributed by atoms with Crippen molar-refractivity contribution in [2.24, 2.45) is 23.7 Å². The molecule has 0 radical (unpaired) electrons. The minimum atomic E-state index is -0.156. The van der Waals surface area contributed by atoms with Gasteiger partial charge in [0.2, 0.25) is 0 Å². The molecular weight excluding hydrogens is 284 g/mol. The zero-order valence-corrected chi connectivity index (χ0v) is 16.1. The molecule has 0 aliphatic heterocycles. The van der Waals surface area contributed by atoms with Gasteiger partial charge in [-0.3, -0.25) is 0 Å². The monoisotopic (exact) mass is 326 g/mol. The van der Waals surface area contributed by atoms with E-state index in [1.54, 1.807) is 0 Å². The maximum atomic E-state index is 9.96. The summed E-state index contributed by atoms with van der Waals surface area (Å²) in [6, 6.07) is 0. The van der Waals surface area contributed by atoms with Gasteiger partial charge in [-0.2, -0.15) is 0 Å². The Kier molecular flexibility index (Phi) is 10.5. The van der Waals surface area contributed by atoms with E-state index in [2.05, 4.69) is 27.7 Å². The first kappa shape index (κ1) is 21.0. The molecule has 2 aliphatic carbocycles. The van der Waals surface area contributed by atoms with E-state index in [-0.39, 0.29) is 12.2 Å². The lowest BCUT2D eigenvalue weighted by atomic mass is 9.71. The van der Waals surface area contributed by atoms with E-state index in [0.717, 1.165) is 44.4 Å². The summed E-state index contributed by atoms with van der Waals surface area (Å²) in [5.74, 6) is 2.77. The van der Waals surface area contributed by atoms with Gasteiger partial charge in [0.1, 0.15) is 0 Å². The van der Waals surface area contributed by atoms with Crippen molar-refractivity contribution in [2.75, 3.05) is 0 Å². The fraction of sp³-hybridized carbons (Fsp3) is 1.00. The number of aliphatic hydroxyl groups excluding tert-OH is 2. The average Bonchev–Trinajstić information content (AvgIpc) is 2.57. The molecule has 0 heterocycles. The minimum absolute atomic E-state index is 0.0693. The molecule has 0 spiro atoms. The third-order valence-electron chi connectivity index (χ3n) is 6.41. The molecule has 0 amide bonds. The van der Waals surface area contributed by atoms with Crippen LogP contribution in [0.15, 0.2) is 0 Å². The molecule has 0 bridgehead atoms. The van der Waals surface area contributed by atoms with E-state index in [1.807, 2.05) is 0 Å². The lowest BCUT2D eigenvalue weighted by Crippen LogP contribution is -2.32. The van der Waals surface area contributed by atoms with Gasteiger partial charge in [0.05, 0.1) is 12.2 Å². The fourth-order valence-electron chi connectivity index (χ4n) is 4.63. The molecule has 2 fully saturated rings. The van der Waals surface area contributed by atoms with Crippen LogP contribution in [0.5, 0.6) is 0 Å². The zero-order chi connectivity index (χ0) is 17.2. The predicted molar refractivity (Wildman–Crippen MR) is 99.5 cm³/mol. The Hall–Kier alpha value is -0.0800. The first-order valence-electron chi connectivity index (χ1n) is 10.4. The lowest BCUT2D eigenvalue weighted by Gasteiger charge is -2.37. The highest BCUT2D eigenvalue weighted by molar-refractivity contribution is 4.82. The Labute approximate surface area is 145 Å². The second kappa shape index (κ2) is 11.5. The molecular formula is C21H42O2. The van der Waals surface area contributed by atoms with Gasteiger partial charge in [-0.1, -0.05) is 66.2 Å². The van der Waals surface area contributed by atoms with Gasteiger partial charge in [-0.25, -0.2) is 0 Å². The van der Waals surface area contributed by atoms with E-state index in [4.69, 9.17) is 0 Å². The van der Waals surface area contributed by atoms with Crippen molar-refractivity contribution in [3.8, 4) is 0 Å². The van der Waals surface area contributed by atoms with Gasteiger partial charge in [0, 0.05) is 0 Å². The third kappa shape index (κ3) is 7.56. The molecule has 0 aromatic rings. The summed E-state index contributed by atoms with van der Waals surface area (Å²) in [5, 5.41) is 19.5. The van der Waals surface area contributed by atoms with E-state index in [9.17, 15) is 10.2 Å². The van der Waals surface area contributed by atoms with Crippen molar-refractivity contribution in [3.05, 3.63) is 0 Å². The Morgan fingerprint density at radius 1 is 0.870 bits per heavy atom. The van der Waals surface area contributed by atoms with Gasteiger partial charge in [0.15, 0.2) is 0 Å². The summed E-state index contributed by atoms with van der Waals surface area (Å²) < 4.78 is 0. The van der Waals surface area contributed by atoms with Gasteiger partial charge < -0.3 is 10.2 Å². The normalized spacial score (nSPS) is 30.0. The molecule has 2 heteroatoms. The van der Waals surface area contributed by atoms with Crippen LogP contribution >= 0.6 is 0 Å². The second-order valence-corrected chi connectivity index (χ2v) is 8.22. The third-order valence-corrected chi connectivity index (χ3v) is 6.41. The maximum Gasteiger partial charge on any atom is 0.0565 e. The Bertz CT molecular complexity index is 278. The Morgan fingerprint density at radius 2 is 1.43 bits per heavy atom. The first-order valence-corrected chi connectivity index (χ1v) is 10.4. The SMILES string of the molecule is CC1CCCCC1.CCC(O)C(C)C(CC)C1CCC(O)CC1. The van der Waals surface area contributed by atoms with Crippen molar-refractivity contribution in [1.82, 2.24) is 0 Å². The van der Waals surface area contributed by atoms with Crippen LogP contribution in [0, 0.1) is 23.7 Å². The standard InChI is InChI=1S/C14H28O2.C7H14/c1-4-13(10(3)14(16)5-2)11-6-8-12(15)9-7-11;1-7-5-3-2-4-6-7/h10-16H,4-9H2,1-3H3;7H,2-6H2,1H3. The maximum absolute atomic E-state index is 9.96. The molecule has 2 N–H and O–H groups in total. The molecule has 2 rings (SSSR count). The molecule has 23 heavy (non-hydrogen) atoms. The van der Waals surface area contributed by atoms with Crippen LogP contribution in [0.4, 0.5) is 0 Å². The molecule has 2 nitrogen and oxygen atoms in total. The Balaban J connectivity index is 0.000000313. The van der Waals surface area contributed by atoms with Crippen LogP contribution < -0.4 is 0 Å². The minimum Gasteiger partial charge on any atom is -0.393 e. The van der Waals surface area contributed by atoms with Gasteiger partial charge in [-0.05, 0) is 55.8 Å². The molecule has 0 saturated heterocycles. The molecule has 0 aromatic heterocycles. The highest BCUT2D eigenvalue weighted by atomic mass is 16.3. The summed E-state index contributed by atoms with van der Waals surface area (Å²) in [6.07, 6.45) is 13.4. The molecule has 2 saturated carbocycles. The molecule has 3 unspecified atom stereocenters. The number of hydrogen-bond acceptors (Lipinski definition) is 2. The van der Waals surface area contributed by atoms with Crippen molar-refractivity contribution >= 4 is 0 Å². The number of rotatable bonds is 5. The topological polar surface area (TPSA) is 40.5 Å². The summed E-state index contributed by atoms with van der Waals surface area (Å²) in [6.45, 7) is 8.83. The van der Waals surface area contributed by atoms with E-state index < -0.39 is 0 Å². The molecule has 2 aliphatic rings. The summed E-state index contributed by atoms with van der Waals surface area (Å²) in [7, 11) is 0. The molecule has 0 aromatic carbocycles. The van der Waals surface area contributed by atoms with Crippen LogP contribution in [0.3, 0.4) is 0 Å². The van der Waals surface area contributed by atoms with Crippen LogP contribution in [0.25, 0.3) is 0 Å². The lowest BCUT2D eigenvalue weighted by molar-refractivity contribution is 0.0285. The summed E-state index contributed by atoms with van der Waals surface area (Å²) in [4.78, 5) is 0. The highest BCUT2D eigenvalue weighted by Crippen LogP contribution is 2.37. The Morgan fingerprint density at radius 3 is 1.83 bits per heavy atom. The highest BCUT2D eigenvalue weighted by Gasteiger charge is 2.31. The van der Waals surface area contributed by atoms with E-state index in [0.29, 0.717) is 17.8 Å². The quantitative estimate of drug-likeness (QED) is 0.694. The van der Waals surface area contributed by atoms with Crippen molar-refractivity contribution in [3.63, 3.8) is 0 Å². The zero-order valence-electron chi connectivity index (χ0n) is 16.1. The predicted octanol–water partition coefficient (Wildman–Crippen LogP) is 5.56. The number of aliphatic hydroxyl groups is 2. The van der Waals surface area contributed by atoms with Crippen LogP contribution in [-0.2, 0) is 0 Å². The van der Waals surface area contributed by atoms with Crippen molar-refractivity contribution < 1.29 is 10.2 Å². The van der Waals surface area contributed by atoms with Crippen LogP contribution in [0.1, 0.15) is 98.3 Å². The second-order valence-electron chi connectivity index (χ2n) is 8.22. The number of hydrogen-bond donors (Lipinski definition) is 2. The average molecular weight is 327 g/mol.